The number of hydrogen-bond acceptors (Lipinski definition) is 5. The number of sulfonamides is 1. The van der Waals surface area contributed by atoms with Gasteiger partial charge in [0.25, 0.3) is 0 Å². The van der Waals surface area contributed by atoms with Crippen molar-refractivity contribution in [1.82, 2.24) is 4.72 Å². The molecule has 0 heterocycles. The second-order valence-corrected chi connectivity index (χ2v) is 7.30. The van der Waals surface area contributed by atoms with Gasteiger partial charge in [-0.2, -0.15) is 13.2 Å². The van der Waals surface area contributed by atoms with E-state index >= 15 is 0 Å². The maximum atomic E-state index is 13.5. The second-order valence-electron chi connectivity index (χ2n) is 5.57. The van der Waals surface area contributed by atoms with Gasteiger partial charge in [-0.15, -0.1) is 0 Å². The third-order valence-electron chi connectivity index (χ3n) is 3.90. The van der Waals surface area contributed by atoms with Crippen molar-refractivity contribution in [2.24, 2.45) is 0 Å². The molecule has 2 rings (SSSR count). The largest absolute Gasteiger partial charge is 0.497 e. The van der Waals surface area contributed by atoms with Gasteiger partial charge in [-0.3, -0.25) is 0 Å². The van der Waals surface area contributed by atoms with Crippen LogP contribution in [-0.2, 0) is 15.6 Å². The molecule has 0 spiro atoms. The molecule has 6 nitrogen and oxygen atoms in total. The van der Waals surface area contributed by atoms with Crippen LogP contribution in [0.3, 0.4) is 0 Å². The Labute approximate surface area is 154 Å². The van der Waals surface area contributed by atoms with Crippen LogP contribution in [0.15, 0.2) is 53.4 Å². The van der Waals surface area contributed by atoms with Gasteiger partial charge in [0.15, 0.2) is 5.60 Å². The van der Waals surface area contributed by atoms with E-state index in [-0.39, 0.29) is 10.6 Å². The molecule has 0 aliphatic carbocycles. The normalized spacial score (nSPS) is 14.4. The molecular weight excluding hydrogens is 387 g/mol. The van der Waals surface area contributed by atoms with Gasteiger partial charge in [0.1, 0.15) is 16.4 Å². The van der Waals surface area contributed by atoms with Crippen LogP contribution in [0.1, 0.15) is 5.56 Å². The Balaban J connectivity index is 2.37. The van der Waals surface area contributed by atoms with Gasteiger partial charge in [-0.1, -0.05) is 30.3 Å². The minimum Gasteiger partial charge on any atom is -0.497 e. The molecule has 0 bridgehead atoms. The Morgan fingerprint density at radius 1 is 1.04 bits per heavy atom. The number of hydrogen-bond donors (Lipinski definition) is 2. The predicted molar refractivity (Wildman–Crippen MR) is 91.1 cm³/mol. The number of halogens is 3. The van der Waals surface area contributed by atoms with Crippen LogP contribution in [0, 0.1) is 0 Å². The molecule has 0 amide bonds. The van der Waals surface area contributed by atoms with Crippen molar-refractivity contribution in [1.29, 1.82) is 0 Å². The van der Waals surface area contributed by atoms with Crippen molar-refractivity contribution in [3.05, 3.63) is 54.1 Å². The number of nitrogens with one attached hydrogen (secondary N) is 1. The number of ether oxygens (including phenoxy) is 2. The molecule has 1 atom stereocenters. The van der Waals surface area contributed by atoms with Gasteiger partial charge in [0.2, 0.25) is 10.0 Å². The zero-order valence-corrected chi connectivity index (χ0v) is 15.3. The molecule has 2 N–H and O–H groups in total. The molecular formula is C17H18F3NO5S. The molecule has 0 aromatic heterocycles. The maximum absolute atomic E-state index is 13.5. The fourth-order valence-electron chi connectivity index (χ4n) is 2.35. The lowest BCUT2D eigenvalue weighted by molar-refractivity contribution is -0.263. The molecule has 1 unspecified atom stereocenters. The van der Waals surface area contributed by atoms with E-state index in [1.165, 1.54) is 44.6 Å². The van der Waals surface area contributed by atoms with E-state index in [2.05, 4.69) is 0 Å². The molecule has 0 aliphatic heterocycles. The van der Waals surface area contributed by atoms with Crippen molar-refractivity contribution in [2.45, 2.75) is 16.7 Å². The summed E-state index contributed by atoms with van der Waals surface area (Å²) in [6.45, 7) is -1.31. The predicted octanol–water partition coefficient (Wildman–Crippen LogP) is 2.43. The quantitative estimate of drug-likeness (QED) is 0.739. The summed E-state index contributed by atoms with van der Waals surface area (Å²) in [5.74, 6) is 0.194. The summed E-state index contributed by atoms with van der Waals surface area (Å²) in [6.07, 6.45) is -5.11. The van der Waals surface area contributed by atoms with E-state index in [0.717, 1.165) is 18.2 Å². The van der Waals surface area contributed by atoms with Gasteiger partial charge in [-0.25, -0.2) is 13.1 Å². The summed E-state index contributed by atoms with van der Waals surface area (Å²) in [7, 11) is -1.84. The highest BCUT2D eigenvalue weighted by Crippen LogP contribution is 2.39. The molecule has 0 radical (unpaired) electrons. The molecule has 2 aromatic carbocycles. The Morgan fingerprint density at radius 2 is 1.67 bits per heavy atom. The molecule has 10 heteroatoms. The maximum Gasteiger partial charge on any atom is 0.422 e. The number of rotatable bonds is 7. The lowest BCUT2D eigenvalue weighted by atomic mass is 9.93. The number of methoxy groups -OCH3 is 2. The van der Waals surface area contributed by atoms with Crippen molar-refractivity contribution >= 4 is 10.0 Å². The van der Waals surface area contributed by atoms with Gasteiger partial charge in [0, 0.05) is 6.07 Å². The minimum atomic E-state index is -5.11. The first-order valence-corrected chi connectivity index (χ1v) is 9.10. The number of benzene rings is 2. The molecule has 0 saturated heterocycles. The van der Waals surface area contributed by atoms with Crippen molar-refractivity contribution in [3.8, 4) is 11.5 Å². The number of aliphatic hydroxyl groups is 1. The highest BCUT2D eigenvalue weighted by atomic mass is 32.2. The summed E-state index contributed by atoms with van der Waals surface area (Å²) < 4.78 is 77.2. The first-order chi connectivity index (χ1) is 12.5. The van der Waals surface area contributed by atoms with Crippen molar-refractivity contribution in [3.63, 3.8) is 0 Å². The van der Waals surface area contributed by atoms with Crippen LogP contribution in [0.4, 0.5) is 13.2 Å². The Morgan fingerprint density at radius 3 is 2.19 bits per heavy atom. The fraction of sp³-hybridized carbons (Fsp3) is 0.294. The van der Waals surface area contributed by atoms with Gasteiger partial charge in [0.05, 0.1) is 20.8 Å². The highest BCUT2D eigenvalue weighted by molar-refractivity contribution is 7.89. The SMILES string of the molecule is COc1ccc(S(=O)(=O)NCC(O)(c2ccccc2)C(F)(F)F)c(OC)c1. The number of alkyl halides is 3. The van der Waals surface area contributed by atoms with E-state index in [0.29, 0.717) is 5.75 Å². The van der Waals surface area contributed by atoms with E-state index in [1.54, 1.807) is 0 Å². The molecule has 2 aromatic rings. The molecule has 0 fully saturated rings. The minimum absolute atomic E-state index is 0.114. The lowest BCUT2D eigenvalue weighted by Crippen LogP contribution is -2.51. The molecule has 27 heavy (non-hydrogen) atoms. The molecule has 148 valence electrons. The fourth-order valence-corrected chi connectivity index (χ4v) is 3.56. The average molecular weight is 405 g/mol. The third kappa shape index (κ3) is 4.34. The van der Waals surface area contributed by atoms with E-state index in [4.69, 9.17) is 9.47 Å². The van der Waals surface area contributed by atoms with E-state index in [1.807, 2.05) is 4.72 Å². The second kappa shape index (κ2) is 7.75. The third-order valence-corrected chi connectivity index (χ3v) is 5.34. The average Bonchev–Trinajstić information content (AvgIpc) is 2.65. The van der Waals surface area contributed by atoms with Gasteiger partial charge in [-0.05, 0) is 17.7 Å². The standard InChI is InChI=1S/C17H18F3NO5S/c1-25-13-8-9-15(14(10-13)26-2)27(23,24)21-11-16(22,17(18,19)20)12-6-4-3-5-7-12/h3-10,21-22H,11H2,1-2H3. The molecule has 0 aliphatic rings. The summed E-state index contributed by atoms with van der Waals surface area (Å²) in [5.41, 5.74) is -3.89. The highest BCUT2D eigenvalue weighted by Gasteiger charge is 2.55. The van der Waals surface area contributed by atoms with Crippen LogP contribution in [0.25, 0.3) is 0 Å². The summed E-state index contributed by atoms with van der Waals surface area (Å²) in [4.78, 5) is -0.386. The van der Waals surface area contributed by atoms with Crippen LogP contribution in [0.5, 0.6) is 11.5 Å². The smallest absolute Gasteiger partial charge is 0.422 e. The lowest BCUT2D eigenvalue weighted by Gasteiger charge is -2.31. The van der Waals surface area contributed by atoms with Crippen LogP contribution in [0.2, 0.25) is 0 Å². The zero-order chi connectivity index (χ0) is 20.3. The Bertz CT molecular complexity index is 887. The van der Waals surface area contributed by atoms with E-state index in [9.17, 15) is 26.7 Å². The van der Waals surface area contributed by atoms with Crippen molar-refractivity contribution in [2.75, 3.05) is 20.8 Å². The summed E-state index contributed by atoms with van der Waals surface area (Å²) in [5, 5.41) is 10.2. The first kappa shape index (κ1) is 21.0. The van der Waals surface area contributed by atoms with Gasteiger partial charge < -0.3 is 14.6 Å². The van der Waals surface area contributed by atoms with Crippen LogP contribution in [-0.4, -0.2) is 40.5 Å². The Hall–Kier alpha value is -2.30. The van der Waals surface area contributed by atoms with Gasteiger partial charge >= 0.3 is 6.18 Å². The van der Waals surface area contributed by atoms with E-state index < -0.39 is 33.9 Å². The first-order valence-electron chi connectivity index (χ1n) is 7.61. The molecule has 0 saturated carbocycles. The topological polar surface area (TPSA) is 84.9 Å². The van der Waals surface area contributed by atoms with Crippen molar-refractivity contribution < 1.29 is 36.2 Å². The summed E-state index contributed by atoms with van der Waals surface area (Å²) >= 11 is 0. The Kier molecular flexibility index (Phi) is 6.03. The summed E-state index contributed by atoms with van der Waals surface area (Å²) in [6, 6.07) is 9.97. The zero-order valence-electron chi connectivity index (χ0n) is 14.4. The van der Waals surface area contributed by atoms with Crippen LogP contribution < -0.4 is 14.2 Å². The van der Waals surface area contributed by atoms with Crippen LogP contribution >= 0.6 is 0 Å². The monoisotopic (exact) mass is 405 g/mol.